The minimum absolute atomic E-state index is 0.117. The zero-order valence-electron chi connectivity index (χ0n) is 11.7. The largest absolute Gasteiger partial charge is 0.393 e. The van der Waals surface area contributed by atoms with Crippen LogP contribution in [0.5, 0.6) is 0 Å². The summed E-state index contributed by atoms with van der Waals surface area (Å²) in [4.78, 5) is 0. The summed E-state index contributed by atoms with van der Waals surface area (Å²) in [5, 5.41) is 2.93. The summed E-state index contributed by atoms with van der Waals surface area (Å²) in [5.74, 6) is -3.33. The fourth-order valence-corrected chi connectivity index (χ4v) is 2.92. The SMILES string of the molecule is CC(NC1CCCCC1C(F)(F)F)c1ccc(F)c(F)c1. The van der Waals surface area contributed by atoms with Gasteiger partial charge in [-0.25, -0.2) is 8.78 Å². The summed E-state index contributed by atoms with van der Waals surface area (Å²) in [6.07, 6.45) is -2.35. The van der Waals surface area contributed by atoms with E-state index in [2.05, 4.69) is 5.32 Å². The molecule has 1 aliphatic rings. The van der Waals surface area contributed by atoms with Crippen LogP contribution in [0.1, 0.15) is 44.2 Å². The van der Waals surface area contributed by atoms with Crippen LogP contribution in [0.3, 0.4) is 0 Å². The maximum absolute atomic E-state index is 13.2. The lowest BCUT2D eigenvalue weighted by molar-refractivity contribution is -0.189. The fraction of sp³-hybridized carbons (Fsp3) is 0.600. The molecule has 1 aromatic rings. The number of nitrogens with one attached hydrogen (secondary N) is 1. The number of halogens is 5. The first kappa shape index (κ1) is 16.2. The molecule has 1 saturated carbocycles. The Hall–Kier alpha value is -1.17. The molecular formula is C15H18F5N. The van der Waals surface area contributed by atoms with Crippen molar-refractivity contribution >= 4 is 0 Å². The second kappa shape index (κ2) is 6.30. The lowest BCUT2D eigenvalue weighted by atomic mass is 9.83. The van der Waals surface area contributed by atoms with Crippen molar-refractivity contribution in [3.63, 3.8) is 0 Å². The molecule has 0 amide bonds. The van der Waals surface area contributed by atoms with Gasteiger partial charge >= 0.3 is 6.18 Å². The monoisotopic (exact) mass is 307 g/mol. The molecule has 1 N–H and O–H groups in total. The first-order valence-corrected chi connectivity index (χ1v) is 7.06. The van der Waals surface area contributed by atoms with E-state index in [-0.39, 0.29) is 6.42 Å². The maximum atomic E-state index is 13.2. The van der Waals surface area contributed by atoms with Crippen LogP contribution in [0.25, 0.3) is 0 Å². The highest BCUT2D eigenvalue weighted by molar-refractivity contribution is 5.21. The average Bonchev–Trinajstić information content (AvgIpc) is 2.41. The Bertz CT molecular complexity index is 485. The van der Waals surface area contributed by atoms with Crippen LogP contribution in [0, 0.1) is 17.6 Å². The molecule has 0 bridgehead atoms. The Morgan fingerprint density at radius 3 is 2.38 bits per heavy atom. The van der Waals surface area contributed by atoms with E-state index in [1.54, 1.807) is 6.92 Å². The number of alkyl halides is 3. The molecule has 118 valence electrons. The Balaban J connectivity index is 2.09. The first-order chi connectivity index (χ1) is 9.79. The zero-order chi connectivity index (χ0) is 15.6. The average molecular weight is 307 g/mol. The third-order valence-electron chi connectivity index (χ3n) is 4.09. The fourth-order valence-electron chi connectivity index (χ4n) is 2.92. The lowest BCUT2D eigenvalue weighted by Gasteiger charge is -2.35. The Morgan fingerprint density at radius 1 is 1.10 bits per heavy atom. The molecule has 0 aromatic heterocycles. The molecule has 2 rings (SSSR count). The van der Waals surface area contributed by atoms with Crippen molar-refractivity contribution in [1.29, 1.82) is 0 Å². The van der Waals surface area contributed by atoms with Crippen molar-refractivity contribution in [2.75, 3.05) is 0 Å². The van der Waals surface area contributed by atoms with Gasteiger partial charge in [0.1, 0.15) is 0 Å². The summed E-state index contributed by atoms with van der Waals surface area (Å²) < 4.78 is 65.1. The molecule has 1 aliphatic carbocycles. The minimum Gasteiger partial charge on any atom is -0.307 e. The standard InChI is InChI=1S/C15H18F5N/c1-9(10-6-7-12(16)13(17)8-10)21-14-5-3-2-4-11(14)15(18,19)20/h6-9,11,14,21H,2-5H2,1H3. The van der Waals surface area contributed by atoms with Crippen LogP contribution in [0.15, 0.2) is 18.2 Å². The van der Waals surface area contributed by atoms with Crippen LogP contribution in [-0.4, -0.2) is 12.2 Å². The van der Waals surface area contributed by atoms with Crippen molar-refractivity contribution < 1.29 is 22.0 Å². The number of hydrogen-bond acceptors (Lipinski definition) is 1. The topological polar surface area (TPSA) is 12.0 Å². The van der Waals surface area contributed by atoms with Crippen LogP contribution < -0.4 is 5.32 Å². The Morgan fingerprint density at radius 2 is 1.76 bits per heavy atom. The third-order valence-corrected chi connectivity index (χ3v) is 4.09. The molecule has 1 fully saturated rings. The van der Waals surface area contributed by atoms with Gasteiger partial charge in [0.25, 0.3) is 0 Å². The Labute approximate surface area is 120 Å². The van der Waals surface area contributed by atoms with Crippen LogP contribution in [0.4, 0.5) is 22.0 Å². The highest BCUT2D eigenvalue weighted by atomic mass is 19.4. The molecule has 3 unspecified atom stereocenters. The van der Waals surface area contributed by atoms with Gasteiger partial charge in [-0.3, -0.25) is 0 Å². The summed E-state index contributed by atoms with van der Waals surface area (Å²) >= 11 is 0. The van der Waals surface area contributed by atoms with E-state index in [9.17, 15) is 22.0 Å². The Kier molecular flexibility index (Phi) is 4.86. The first-order valence-electron chi connectivity index (χ1n) is 7.06. The van der Waals surface area contributed by atoms with Crippen LogP contribution in [0.2, 0.25) is 0 Å². The summed E-state index contributed by atoms with van der Waals surface area (Å²) in [6, 6.07) is 2.26. The lowest BCUT2D eigenvalue weighted by Crippen LogP contribution is -2.46. The van der Waals surface area contributed by atoms with Crippen molar-refractivity contribution in [3.8, 4) is 0 Å². The van der Waals surface area contributed by atoms with Gasteiger partial charge in [0, 0.05) is 12.1 Å². The smallest absolute Gasteiger partial charge is 0.307 e. The highest BCUT2D eigenvalue weighted by Gasteiger charge is 2.45. The molecule has 3 atom stereocenters. The minimum atomic E-state index is -4.23. The second-order valence-electron chi connectivity index (χ2n) is 5.60. The normalized spacial score (nSPS) is 24.9. The van der Waals surface area contributed by atoms with Crippen molar-refractivity contribution in [2.45, 2.75) is 50.9 Å². The summed E-state index contributed by atoms with van der Waals surface area (Å²) in [6.45, 7) is 1.66. The van der Waals surface area contributed by atoms with Gasteiger partial charge in [-0.05, 0) is 37.5 Å². The molecule has 6 heteroatoms. The molecule has 0 saturated heterocycles. The molecule has 0 spiro atoms. The zero-order valence-corrected chi connectivity index (χ0v) is 11.7. The predicted molar refractivity (Wildman–Crippen MR) is 69.7 cm³/mol. The molecule has 21 heavy (non-hydrogen) atoms. The molecular weight excluding hydrogens is 289 g/mol. The van der Waals surface area contributed by atoms with Gasteiger partial charge in [-0.1, -0.05) is 18.9 Å². The van der Waals surface area contributed by atoms with Crippen molar-refractivity contribution in [2.24, 2.45) is 5.92 Å². The molecule has 1 aromatic carbocycles. The van der Waals surface area contributed by atoms with Crippen molar-refractivity contribution in [1.82, 2.24) is 5.32 Å². The molecule has 0 radical (unpaired) electrons. The van der Waals surface area contributed by atoms with Crippen LogP contribution >= 0.6 is 0 Å². The van der Waals surface area contributed by atoms with E-state index in [1.807, 2.05) is 0 Å². The van der Waals surface area contributed by atoms with Gasteiger partial charge in [0.05, 0.1) is 5.92 Å². The highest BCUT2D eigenvalue weighted by Crippen LogP contribution is 2.38. The molecule has 0 aliphatic heterocycles. The van der Waals surface area contributed by atoms with Gasteiger partial charge < -0.3 is 5.32 Å². The van der Waals surface area contributed by atoms with Gasteiger partial charge in [-0.2, -0.15) is 13.2 Å². The van der Waals surface area contributed by atoms with E-state index >= 15 is 0 Å². The number of hydrogen-bond donors (Lipinski definition) is 1. The van der Waals surface area contributed by atoms with Gasteiger partial charge in [0.2, 0.25) is 0 Å². The predicted octanol–water partition coefficient (Wildman–Crippen LogP) is 4.74. The second-order valence-corrected chi connectivity index (χ2v) is 5.60. The van der Waals surface area contributed by atoms with E-state index < -0.39 is 35.8 Å². The maximum Gasteiger partial charge on any atom is 0.393 e. The van der Waals surface area contributed by atoms with E-state index in [1.165, 1.54) is 6.07 Å². The number of benzene rings is 1. The van der Waals surface area contributed by atoms with Gasteiger partial charge in [0.15, 0.2) is 11.6 Å². The van der Waals surface area contributed by atoms with E-state index in [0.717, 1.165) is 18.6 Å². The van der Waals surface area contributed by atoms with Gasteiger partial charge in [-0.15, -0.1) is 0 Å². The third kappa shape index (κ3) is 3.93. The van der Waals surface area contributed by atoms with E-state index in [4.69, 9.17) is 0 Å². The summed E-state index contributed by atoms with van der Waals surface area (Å²) in [7, 11) is 0. The molecule has 1 nitrogen and oxygen atoms in total. The summed E-state index contributed by atoms with van der Waals surface area (Å²) in [5.41, 5.74) is 0.445. The quantitative estimate of drug-likeness (QED) is 0.796. The molecule has 0 heterocycles. The van der Waals surface area contributed by atoms with Crippen LogP contribution in [-0.2, 0) is 0 Å². The van der Waals surface area contributed by atoms with E-state index in [0.29, 0.717) is 18.4 Å². The van der Waals surface area contributed by atoms with Crippen molar-refractivity contribution in [3.05, 3.63) is 35.4 Å². The number of rotatable bonds is 3.